The molecule has 0 fully saturated rings. The summed E-state index contributed by atoms with van der Waals surface area (Å²) in [4.78, 5) is 20.7. The number of methoxy groups -OCH3 is 1. The van der Waals surface area contributed by atoms with Gasteiger partial charge < -0.3 is 15.4 Å². The van der Waals surface area contributed by atoms with Crippen molar-refractivity contribution in [3.05, 3.63) is 77.2 Å². The number of amides is 1. The number of carbonyl (C=O) groups is 1. The first-order valence-corrected chi connectivity index (χ1v) is 9.12. The minimum atomic E-state index is -0.223. The van der Waals surface area contributed by atoms with Crippen molar-refractivity contribution in [1.29, 1.82) is 0 Å². The van der Waals surface area contributed by atoms with Crippen LogP contribution in [-0.4, -0.2) is 29.5 Å². The zero-order valence-corrected chi connectivity index (χ0v) is 16.3. The van der Waals surface area contributed by atoms with Crippen molar-refractivity contribution in [1.82, 2.24) is 15.3 Å². The average molecular weight is 376 g/mol. The van der Waals surface area contributed by atoms with Crippen molar-refractivity contribution in [2.24, 2.45) is 0 Å². The number of rotatable bonds is 7. The van der Waals surface area contributed by atoms with Gasteiger partial charge in [0.15, 0.2) is 0 Å². The Morgan fingerprint density at radius 2 is 1.79 bits per heavy atom. The zero-order valence-electron chi connectivity index (χ0n) is 16.3. The van der Waals surface area contributed by atoms with Gasteiger partial charge in [0.05, 0.1) is 7.11 Å². The zero-order chi connectivity index (χ0) is 19.9. The Hall–Kier alpha value is -3.41. The number of carbonyl (C=O) groups excluding carboxylic acids is 1. The maximum Gasteiger partial charge on any atom is 0.270 e. The van der Waals surface area contributed by atoms with E-state index in [2.05, 4.69) is 34.4 Å². The molecule has 1 heterocycles. The second-order valence-electron chi connectivity index (χ2n) is 6.57. The number of nitrogens with zero attached hydrogens (tertiary/aromatic N) is 2. The molecular weight excluding hydrogens is 352 g/mol. The molecule has 6 nitrogen and oxygen atoms in total. The number of hydrogen-bond donors (Lipinski definition) is 2. The SMILES string of the molecule is COc1ccc(CCNC(=O)c2cc(Nc3ccc(C)c(C)c3)ncn2)cc1. The van der Waals surface area contributed by atoms with Gasteiger partial charge in [-0.25, -0.2) is 9.97 Å². The van der Waals surface area contributed by atoms with Gasteiger partial charge in [-0.3, -0.25) is 4.79 Å². The number of anilines is 2. The van der Waals surface area contributed by atoms with Gasteiger partial charge in [0.2, 0.25) is 0 Å². The quantitative estimate of drug-likeness (QED) is 0.656. The Bertz CT molecular complexity index is 955. The van der Waals surface area contributed by atoms with Gasteiger partial charge in [-0.05, 0) is 61.2 Å². The number of aromatic nitrogens is 2. The summed E-state index contributed by atoms with van der Waals surface area (Å²) in [7, 11) is 1.64. The van der Waals surface area contributed by atoms with Crippen LogP contribution in [-0.2, 0) is 6.42 Å². The first-order valence-electron chi connectivity index (χ1n) is 9.12. The maximum atomic E-state index is 12.4. The highest BCUT2D eigenvalue weighted by atomic mass is 16.5. The second kappa shape index (κ2) is 8.99. The fourth-order valence-corrected chi connectivity index (χ4v) is 2.72. The lowest BCUT2D eigenvalue weighted by molar-refractivity contribution is 0.0949. The molecule has 6 heteroatoms. The molecule has 144 valence electrons. The fraction of sp³-hybridized carbons (Fsp3) is 0.227. The average Bonchev–Trinajstić information content (AvgIpc) is 2.71. The van der Waals surface area contributed by atoms with E-state index in [1.807, 2.05) is 42.5 Å². The van der Waals surface area contributed by atoms with E-state index in [1.54, 1.807) is 13.2 Å². The van der Waals surface area contributed by atoms with Crippen molar-refractivity contribution in [2.45, 2.75) is 20.3 Å². The third-order valence-corrected chi connectivity index (χ3v) is 4.54. The molecule has 1 aromatic heterocycles. The van der Waals surface area contributed by atoms with Gasteiger partial charge in [-0.15, -0.1) is 0 Å². The van der Waals surface area contributed by atoms with Crippen LogP contribution in [0.15, 0.2) is 54.9 Å². The van der Waals surface area contributed by atoms with E-state index in [1.165, 1.54) is 17.5 Å². The lowest BCUT2D eigenvalue weighted by Gasteiger charge is -2.09. The highest BCUT2D eigenvalue weighted by molar-refractivity contribution is 5.92. The molecule has 28 heavy (non-hydrogen) atoms. The number of hydrogen-bond acceptors (Lipinski definition) is 5. The van der Waals surface area contributed by atoms with Gasteiger partial charge in [-0.1, -0.05) is 18.2 Å². The van der Waals surface area contributed by atoms with Crippen LogP contribution in [0.2, 0.25) is 0 Å². The van der Waals surface area contributed by atoms with Crippen LogP contribution in [0.4, 0.5) is 11.5 Å². The second-order valence-corrected chi connectivity index (χ2v) is 6.57. The molecule has 0 aliphatic rings. The Morgan fingerprint density at radius 1 is 1.00 bits per heavy atom. The summed E-state index contributed by atoms with van der Waals surface area (Å²) in [6.45, 7) is 4.65. The molecule has 0 saturated heterocycles. The predicted octanol–water partition coefficient (Wildman–Crippen LogP) is 3.82. The minimum Gasteiger partial charge on any atom is -0.497 e. The summed E-state index contributed by atoms with van der Waals surface area (Å²) in [5.41, 5.74) is 4.80. The van der Waals surface area contributed by atoms with E-state index in [4.69, 9.17) is 4.74 Å². The van der Waals surface area contributed by atoms with E-state index >= 15 is 0 Å². The first kappa shape index (κ1) is 19.4. The smallest absolute Gasteiger partial charge is 0.270 e. The van der Waals surface area contributed by atoms with Gasteiger partial charge >= 0.3 is 0 Å². The Morgan fingerprint density at radius 3 is 2.50 bits per heavy atom. The molecule has 0 aliphatic heterocycles. The molecule has 2 aromatic carbocycles. The molecule has 0 saturated carbocycles. The van der Waals surface area contributed by atoms with Crippen molar-refractivity contribution in [3.8, 4) is 5.75 Å². The van der Waals surface area contributed by atoms with Crippen molar-refractivity contribution >= 4 is 17.4 Å². The Balaban J connectivity index is 1.57. The molecule has 3 rings (SSSR count). The third-order valence-electron chi connectivity index (χ3n) is 4.54. The summed E-state index contributed by atoms with van der Waals surface area (Å²) >= 11 is 0. The Labute approximate surface area is 165 Å². The maximum absolute atomic E-state index is 12.4. The van der Waals surface area contributed by atoms with Gasteiger partial charge in [-0.2, -0.15) is 0 Å². The van der Waals surface area contributed by atoms with E-state index < -0.39 is 0 Å². The molecule has 0 atom stereocenters. The molecule has 3 aromatic rings. The topological polar surface area (TPSA) is 76.1 Å². The summed E-state index contributed by atoms with van der Waals surface area (Å²) in [6.07, 6.45) is 2.12. The van der Waals surface area contributed by atoms with Crippen LogP contribution in [0, 0.1) is 13.8 Å². The van der Waals surface area contributed by atoms with E-state index in [-0.39, 0.29) is 5.91 Å². The number of nitrogens with one attached hydrogen (secondary N) is 2. The minimum absolute atomic E-state index is 0.223. The van der Waals surface area contributed by atoms with E-state index in [0.29, 0.717) is 18.1 Å². The summed E-state index contributed by atoms with van der Waals surface area (Å²) in [5.74, 6) is 1.18. The normalized spacial score (nSPS) is 10.4. The van der Waals surface area contributed by atoms with Gasteiger partial charge in [0.1, 0.15) is 23.6 Å². The monoisotopic (exact) mass is 376 g/mol. The van der Waals surface area contributed by atoms with Gasteiger partial charge in [0.25, 0.3) is 5.91 Å². The molecule has 0 bridgehead atoms. The Kier molecular flexibility index (Phi) is 6.22. The summed E-state index contributed by atoms with van der Waals surface area (Å²) in [6, 6.07) is 15.5. The lowest BCUT2D eigenvalue weighted by Crippen LogP contribution is -2.26. The third kappa shape index (κ3) is 5.07. The molecule has 1 amide bonds. The van der Waals surface area contributed by atoms with Crippen LogP contribution in [0.5, 0.6) is 5.75 Å². The molecule has 0 unspecified atom stereocenters. The number of ether oxygens (including phenoxy) is 1. The largest absolute Gasteiger partial charge is 0.497 e. The fourth-order valence-electron chi connectivity index (χ4n) is 2.72. The van der Waals surface area contributed by atoms with Crippen molar-refractivity contribution in [2.75, 3.05) is 19.0 Å². The summed E-state index contributed by atoms with van der Waals surface area (Å²) < 4.78 is 5.15. The number of benzene rings is 2. The van der Waals surface area contributed by atoms with E-state index in [0.717, 1.165) is 23.4 Å². The standard InChI is InChI=1S/C22H24N4O2/c1-15-4-7-18(12-16(15)2)26-21-13-20(24-14-25-21)22(27)23-11-10-17-5-8-19(28-3)9-6-17/h4-9,12-14H,10-11H2,1-3H3,(H,23,27)(H,24,25,26). The molecule has 0 aliphatic carbocycles. The molecule has 0 spiro atoms. The predicted molar refractivity (Wildman–Crippen MR) is 110 cm³/mol. The van der Waals surface area contributed by atoms with Crippen LogP contribution >= 0.6 is 0 Å². The first-order chi connectivity index (χ1) is 13.5. The molecule has 0 radical (unpaired) electrons. The van der Waals surface area contributed by atoms with Crippen molar-refractivity contribution < 1.29 is 9.53 Å². The molecule has 2 N–H and O–H groups in total. The van der Waals surface area contributed by atoms with Crippen LogP contribution in [0.3, 0.4) is 0 Å². The highest BCUT2D eigenvalue weighted by Crippen LogP contribution is 2.18. The van der Waals surface area contributed by atoms with Crippen molar-refractivity contribution in [3.63, 3.8) is 0 Å². The summed E-state index contributed by atoms with van der Waals surface area (Å²) in [5, 5.41) is 6.11. The van der Waals surface area contributed by atoms with Gasteiger partial charge in [0, 0.05) is 18.3 Å². The van der Waals surface area contributed by atoms with Crippen LogP contribution < -0.4 is 15.4 Å². The highest BCUT2D eigenvalue weighted by Gasteiger charge is 2.09. The lowest BCUT2D eigenvalue weighted by atomic mass is 10.1. The van der Waals surface area contributed by atoms with Crippen LogP contribution in [0.25, 0.3) is 0 Å². The number of aryl methyl sites for hydroxylation is 2. The molecular formula is C22H24N4O2. The van der Waals surface area contributed by atoms with E-state index in [9.17, 15) is 4.79 Å². The van der Waals surface area contributed by atoms with Crippen LogP contribution in [0.1, 0.15) is 27.2 Å².